The maximum atomic E-state index is 14.9. The molecule has 0 heterocycles. The fourth-order valence-corrected chi connectivity index (χ4v) is 3.11. The van der Waals surface area contributed by atoms with Gasteiger partial charge in [0.25, 0.3) is 5.92 Å². The van der Waals surface area contributed by atoms with Crippen LogP contribution in [0.2, 0.25) is 10.0 Å². The number of hydrogen-bond acceptors (Lipinski definition) is 4. The summed E-state index contributed by atoms with van der Waals surface area (Å²) in [5.41, 5.74) is -0.655. The van der Waals surface area contributed by atoms with Gasteiger partial charge in [0, 0.05) is 24.1 Å². The van der Waals surface area contributed by atoms with Crippen LogP contribution in [0.4, 0.5) is 8.78 Å². The molecule has 2 rings (SSSR count). The first-order valence-electron chi connectivity index (χ1n) is 8.59. The van der Waals surface area contributed by atoms with Crippen molar-refractivity contribution in [3.8, 4) is 11.5 Å². The molecule has 29 heavy (non-hydrogen) atoms. The highest BCUT2D eigenvalue weighted by atomic mass is 35.5. The normalized spacial score (nSPS) is 11.4. The van der Waals surface area contributed by atoms with Gasteiger partial charge in [-0.05, 0) is 42.8 Å². The molecule has 0 bridgehead atoms. The van der Waals surface area contributed by atoms with E-state index in [1.54, 1.807) is 0 Å². The largest absolute Gasteiger partial charge is 0.490 e. The van der Waals surface area contributed by atoms with Crippen LogP contribution in [0, 0.1) is 0 Å². The highest BCUT2D eigenvalue weighted by molar-refractivity contribution is 6.37. The number of ketones is 1. The SMILES string of the molecule is COCC(=O)COc1ccc(C(F)(F)c2cc(Cl)c(OCCCCl)c(Cl)c2)cc1. The molecule has 0 atom stereocenters. The standard InChI is InChI=1S/C20H19Cl3F2O4/c1-27-11-15(26)12-29-16-5-3-13(4-6-16)20(24,25)14-9-17(22)19(18(23)10-14)28-8-2-7-21/h3-6,9-10H,2,7-8,11-12H2,1H3. The minimum absolute atomic E-state index is 0.0154. The van der Waals surface area contributed by atoms with E-state index in [1.165, 1.54) is 31.4 Å². The lowest BCUT2D eigenvalue weighted by molar-refractivity contribution is -0.124. The zero-order valence-electron chi connectivity index (χ0n) is 15.5. The van der Waals surface area contributed by atoms with E-state index in [0.717, 1.165) is 12.1 Å². The first-order valence-corrected chi connectivity index (χ1v) is 9.88. The maximum Gasteiger partial charge on any atom is 0.298 e. The van der Waals surface area contributed by atoms with Crippen LogP contribution in [0.5, 0.6) is 11.5 Å². The van der Waals surface area contributed by atoms with Crippen molar-refractivity contribution in [1.82, 2.24) is 0 Å². The van der Waals surface area contributed by atoms with Crippen molar-refractivity contribution in [2.75, 3.05) is 32.8 Å². The summed E-state index contributed by atoms with van der Waals surface area (Å²) in [4.78, 5) is 11.4. The summed E-state index contributed by atoms with van der Waals surface area (Å²) in [5, 5.41) is -0.0308. The van der Waals surface area contributed by atoms with Crippen molar-refractivity contribution >= 4 is 40.6 Å². The van der Waals surface area contributed by atoms with Gasteiger partial charge in [-0.2, -0.15) is 8.78 Å². The Labute approximate surface area is 182 Å². The lowest BCUT2D eigenvalue weighted by atomic mass is 10.00. The van der Waals surface area contributed by atoms with Crippen LogP contribution in [-0.4, -0.2) is 38.6 Å². The summed E-state index contributed by atoms with van der Waals surface area (Å²) in [5.74, 6) is -2.80. The number of carbonyl (C=O) groups is 1. The summed E-state index contributed by atoms with van der Waals surface area (Å²) in [6.45, 7) is -0.0176. The van der Waals surface area contributed by atoms with Gasteiger partial charge in [0.15, 0.2) is 11.5 Å². The first-order chi connectivity index (χ1) is 13.8. The average Bonchev–Trinajstić information content (AvgIpc) is 2.69. The van der Waals surface area contributed by atoms with Crippen LogP contribution in [0.15, 0.2) is 36.4 Å². The highest BCUT2D eigenvalue weighted by Crippen LogP contribution is 2.42. The van der Waals surface area contributed by atoms with Crippen molar-refractivity contribution in [3.05, 3.63) is 57.6 Å². The third-order valence-electron chi connectivity index (χ3n) is 3.81. The molecule has 0 aliphatic carbocycles. The topological polar surface area (TPSA) is 44.8 Å². The van der Waals surface area contributed by atoms with Crippen LogP contribution >= 0.6 is 34.8 Å². The predicted molar refractivity (Wildman–Crippen MR) is 109 cm³/mol. The molecule has 0 aliphatic heterocycles. The fourth-order valence-electron chi connectivity index (χ4n) is 2.40. The number of halogens is 5. The molecule has 2 aromatic carbocycles. The minimum atomic E-state index is -3.35. The zero-order chi connectivity index (χ0) is 21.4. The van der Waals surface area contributed by atoms with Gasteiger partial charge >= 0.3 is 0 Å². The Bertz CT molecular complexity index is 806. The lowest BCUT2D eigenvalue weighted by Crippen LogP contribution is -2.17. The number of carbonyl (C=O) groups excluding carboxylic acids is 1. The van der Waals surface area contributed by atoms with E-state index >= 15 is 0 Å². The zero-order valence-corrected chi connectivity index (χ0v) is 17.8. The van der Waals surface area contributed by atoms with Gasteiger partial charge in [-0.1, -0.05) is 23.2 Å². The Morgan fingerprint density at radius 1 is 1.00 bits per heavy atom. The molecule has 0 radical (unpaired) electrons. The number of alkyl halides is 3. The van der Waals surface area contributed by atoms with Crippen LogP contribution < -0.4 is 9.47 Å². The molecule has 0 saturated heterocycles. The monoisotopic (exact) mass is 466 g/mol. The molecule has 0 N–H and O–H groups in total. The lowest BCUT2D eigenvalue weighted by Gasteiger charge is -2.20. The van der Waals surface area contributed by atoms with Gasteiger partial charge in [-0.25, -0.2) is 0 Å². The Morgan fingerprint density at radius 2 is 1.62 bits per heavy atom. The quantitative estimate of drug-likeness (QED) is 0.312. The van der Waals surface area contributed by atoms with Gasteiger partial charge in [-0.3, -0.25) is 4.79 Å². The molecule has 0 fully saturated rings. The van der Waals surface area contributed by atoms with Gasteiger partial charge in [0.2, 0.25) is 0 Å². The second-order valence-electron chi connectivity index (χ2n) is 6.02. The van der Waals surface area contributed by atoms with E-state index < -0.39 is 5.92 Å². The number of methoxy groups -OCH3 is 1. The highest BCUT2D eigenvalue weighted by Gasteiger charge is 2.35. The summed E-state index contributed by atoms with van der Waals surface area (Å²) < 4.78 is 45.3. The van der Waals surface area contributed by atoms with Crippen molar-refractivity contribution in [3.63, 3.8) is 0 Å². The first kappa shape index (κ1) is 23.7. The maximum absolute atomic E-state index is 14.9. The molecule has 0 unspecified atom stereocenters. The molecule has 0 aliphatic rings. The Balaban J connectivity index is 2.16. The molecule has 2 aromatic rings. The molecule has 9 heteroatoms. The minimum Gasteiger partial charge on any atom is -0.490 e. The third-order valence-corrected chi connectivity index (χ3v) is 4.64. The van der Waals surface area contributed by atoms with Crippen LogP contribution in [0.3, 0.4) is 0 Å². The van der Waals surface area contributed by atoms with Gasteiger partial charge < -0.3 is 14.2 Å². The van der Waals surface area contributed by atoms with Crippen LogP contribution in [0.25, 0.3) is 0 Å². The smallest absolute Gasteiger partial charge is 0.298 e. The number of ether oxygens (including phenoxy) is 3. The third kappa shape index (κ3) is 6.44. The average molecular weight is 468 g/mol. The molecule has 158 valence electrons. The number of Topliss-reactive ketones (excluding diaryl/α,β-unsaturated/α-hetero) is 1. The molecule has 0 amide bonds. The summed E-state index contributed by atoms with van der Waals surface area (Å²) in [6.07, 6.45) is 0.567. The van der Waals surface area contributed by atoms with Crippen molar-refractivity contribution in [2.45, 2.75) is 12.3 Å². The molecular formula is C20H19Cl3F2O4. The Hall–Kier alpha value is -1.60. The molecule has 0 saturated carbocycles. The van der Waals surface area contributed by atoms with E-state index in [0.29, 0.717) is 12.3 Å². The van der Waals surface area contributed by atoms with Crippen LogP contribution in [0.1, 0.15) is 17.5 Å². The number of rotatable bonds is 11. The van der Waals surface area contributed by atoms with Crippen molar-refractivity contribution in [2.24, 2.45) is 0 Å². The second-order valence-corrected chi connectivity index (χ2v) is 7.21. The van der Waals surface area contributed by atoms with E-state index in [-0.39, 0.29) is 58.3 Å². The van der Waals surface area contributed by atoms with Crippen molar-refractivity contribution < 1.29 is 27.8 Å². The van der Waals surface area contributed by atoms with Crippen molar-refractivity contribution in [1.29, 1.82) is 0 Å². The number of benzene rings is 2. The van der Waals surface area contributed by atoms with Crippen LogP contribution in [-0.2, 0) is 15.5 Å². The van der Waals surface area contributed by atoms with Gasteiger partial charge in [0.05, 0.1) is 16.7 Å². The van der Waals surface area contributed by atoms with E-state index in [9.17, 15) is 13.6 Å². The summed E-state index contributed by atoms with van der Waals surface area (Å²) in [6, 6.07) is 7.38. The van der Waals surface area contributed by atoms with E-state index in [2.05, 4.69) is 0 Å². The Kier molecular flexibility index (Phi) is 8.96. The van der Waals surface area contributed by atoms with Gasteiger partial charge in [0.1, 0.15) is 19.0 Å². The molecule has 4 nitrogen and oxygen atoms in total. The molecule has 0 aromatic heterocycles. The number of hydrogen-bond donors (Lipinski definition) is 0. The fraction of sp³-hybridized carbons (Fsp3) is 0.350. The summed E-state index contributed by atoms with van der Waals surface area (Å²) in [7, 11) is 1.39. The summed E-state index contributed by atoms with van der Waals surface area (Å²) >= 11 is 17.8. The molecular weight excluding hydrogens is 449 g/mol. The predicted octanol–water partition coefficient (Wildman–Crippen LogP) is 5.74. The molecule has 0 spiro atoms. The van der Waals surface area contributed by atoms with E-state index in [4.69, 9.17) is 49.0 Å². The second kappa shape index (κ2) is 11.0. The Morgan fingerprint density at radius 3 is 2.17 bits per heavy atom. The van der Waals surface area contributed by atoms with Gasteiger partial charge in [-0.15, -0.1) is 11.6 Å². The van der Waals surface area contributed by atoms with E-state index in [1.807, 2.05) is 0 Å².